The molecule has 1 aromatic carbocycles. The topological polar surface area (TPSA) is 100 Å². The van der Waals surface area contributed by atoms with Gasteiger partial charge >= 0.3 is 11.9 Å². The maximum Gasteiger partial charge on any atom is 0.338 e. The van der Waals surface area contributed by atoms with E-state index in [0.29, 0.717) is 28.9 Å². The molecule has 1 heterocycles. The Morgan fingerprint density at radius 1 is 1.21 bits per heavy atom. The van der Waals surface area contributed by atoms with Gasteiger partial charge in [0.15, 0.2) is 8.32 Å². The number of cyclic esters (lactones) is 1. The van der Waals surface area contributed by atoms with Crippen LogP contribution in [0.3, 0.4) is 0 Å². The normalized spacial score (nSPS) is 20.6. The quantitative estimate of drug-likeness (QED) is 0.470. The molecule has 0 aliphatic carbocycles. The molecule has 1 amide bonds. The lowest BCUT2D eigenvalue weighted by molar-refractivity contribution is -0.144. The number of methoxy groups -OCH3 is 2. The molecule has 1 N–H and O–H groups in total. The van der Waals surface area contributed by atoms with Crippen molar-refractivity contribution in [2.75, 3.05) is 26.6 Å². The first-order valence-electron chi connectivity index (χ1n) is 11.3. The van der Waals surface area contributed by atoms with E-state index in [1.807, 2.05) is 19.1 Å². The Labute approximate surface area is 207 Å². The van der Waals surface area contributed by atoms with Crippen molar-refractivity contribution in [2.24, 2.45) is 0 Å². The van der Waals surface area contributed by atoms with Gasteiger partial charge in [-0.05, 0) is 37.5 Å². The van der Waals surface area contributed by atoms with E-state index in [1.165, 1.54) is 18.9 Å². The first-order chi connectivity index (χ1) is 15.8. The summed E-state index contributed by atoms with van der Waals surface area (Å²) in [6.07, 6.45) is 0.458. The van der Waals surface area contributed by atoms with Crippen LogP contribution in [0.4, 0.5) is 0 Å². The minimum atomic E-state index is -2.30. The molecular formula is C24H37NO7SSi. The van der Waals surface area contributed by atoms with E-state index in [2.05, 4.69) is 39.2 Å². The summed E-state index contributed by atoms with van der Waals surface area (Å²) in [7, 11) is 0.544. The van der Waals surface area contributed by atoms with Gasteiger partial charge < -0.3 is 24.0 Å². The van der Waals surface area contributed by atoms with E-state index >= 15 is 0 Å². The third-order valence-corrected chi connectivity index (χ3v) is 12.1. The largest absolute Gasteiger partial charge is 0.496 e. The van der Waals surface area contributed by atoms with Gasteiger partial charge in [0.25, 0.3) is 0 Å². The Morgan fingerprint density at radius 3 is 2.47 bits per heavy atom. The predicted molar refractivity (Wildman–Crippen MR) is 135 cm³/mol. The molecule has 0 spiro atoms. The Balaban J connectivity index is 2.62. The number of nitrogens with one attached hydrogen (secondary N) is 1. The summed E-state index contributed by atoms with van der Waals surface area (Å²) in [5.41, 5.74) is 1.14. The minimum Gasteiger partial charge on any atom is -0.496 e. The fourth-order valence-electron chi connectivity index (χ4n) is 3.26. The highest BCUT2D eigenvalue weighted by Gasteiger charge is 2.41. The van der Waals surface area contributed by atoms with Crippen LogP contribution >= 0.6 is 11.8 Å². The van der Waals surface area contributed by atoms with E-state index in [4.69, 9.17) is 18.6 Å². The molecule has 2 atom stereocenters. The van der Waals surface area contributed by atoms with Crippen molar-refractivity contribution in [2.45, 2.75) is 70.1 Å². The highest BCUT2D eigenvalue weighted by Crippen LogP contribution is 2.45. The van der Waals surface area contributed by atoms with Gasteiger partial charge in [-0.25, -0.2) is 9.59 Å². The predicted octanol–water partition coefficient (Wildman–Crippen LogP) is 4.37. The van der Waals surface area contributed by atoms with E-state index < -0.39 is 31.7 Å². The average Bonchev–Trinajstić information content (AvgIpc) is 2.77. The molecule has 190 valence electrons. The number of thioether (sulfide) groups is 1. The second-order valence-corrected chi connectivity index (χ2v) is 15.6. The van der Waals surface area contributed by atoms with Crippen molar-refractivity contribution in [3.8, 4) is 5.75 Å². The van der Waals surface area contributed by atoms with Gasteiger partial charge in [-0.3, -0.25) is 4.79 Å². The molecule has 0 fully saturated rings. The smallest absolute Gasteiger partial charge is 0.338 e. The summed E-state index contributed by atoms with van der Waals surface area (Å²) in [5, 5.41) is 2.65. The van der Waals surface area contributed by atoms with Crippen molar-refractivity contribution >= 4 is 37.9 Å². The number of carbonyl (C=O) groups is 3. The maximum atomic E-state index is 13.2. The number of benzene rings is 1. The van der Waals surface area contributed by atoms with Gasteiger partial charge in [-0.2, -0.15) is 0 Å². The number of fused-ring (bicyclic) bond motifs is 1. The molecule has 0 bridgehead atoms. The molecular weight excluding hydrogens is 474 g/mol. The summed E-state index contributed by atoms with van der Waals surface area (Å²) < 4.78 is 22.7. The Morgan fingerprint density at radius 2 is 1.88 bits per heavy atom. The second-order valence-electron chi connectivity index (χ2n) is 9.78. The highest BCUT2D eigenvalue weighted by molar-refractivity contribution is 7.99. The second kappa shape index (κ2) is 11.6. The number of carbonyl (C=O) groups excluding carboxylic acids is 3. The standard InChI is InChI=1S/C24H37NO7SSi/c1-15-18(29-5)12-11-16-20(15)22(28)31-13-9-10-19(26)25-17(21(27)30-6)14-33-23(16)32-34(7,8)24(2,3)4/h11-12,17,23H,9-10,13-14H2,1-8H3,(H,25,26)/t17?,23-/m1/s1. The van der Waals surface area contributed by atoms with Gasteiger partial charge in [0.2, 0.25) is 5.91 Å². The fraction of sp³-hybridized carbons (Fsp3) is 0.625. The lowest BCUT2D eigenvalue weighted by Crippen LogP contribution is -2.44. The molecule has 0 aromatic heterocycles. The van der Waals surface area contributed by atoms with Crippen LogP contribution in [0.5, 0.6) is 5.75 Å². The number of hydrogen-bond donors (Lipinski definition) is 1. The number of esters is 2. The lowest BCUT2D eigenvalue weighted by Gasteiger charge is -2.39. The van der Waals surface area contributed by atoms with E-state index in [-0.39, 0.29) is 29.7 Å². The highest BCUT2D eigenvalue weighted by atomic mass is 32.2. The number of rotatable bonds is 4. The van der Waals surface area contributed by atoms with Gasteiger partial charge in [0.05, 0.1) is 26.4 Å². The van der Waals surface area contributed by atoms with Crippen LogP contribution in [-0.4, -0.2) is 58.8 Å². The molecule has 1 aliphatic heterocycles. The number of ether oxygens (including phenoxy) is 3. The molecule has 2 rings (SSSR count). The molecule has 0 saturated carbocycles. The van der Waals surface area contributed by atoms with Crippen LogP contribution in [0.25, 0.3) is 0 Å². The SMILES string of the molecule is COC(=O)C1CS[C@@H](O[Si](C)(C)C(C)(C)C)c2ccc(OC)c(C)c2C(=O)OCCCC(=O)N1. The molecule has 0 radical (unpaired) electrons. The molecule has 10 heteroatoms. The fourth-order valence-corrected chi connectivity index (χ4v) is 6.24. The number of hydrogen-bond acceptors (Lipinski definition) is 8. The summed E-state index contributed by atoms with van der Waals surface area (Å²) in [4.78, 5) is 38.0. The molecule has 34 heavy (non-hydrogen) atoms. The minimum absolute atomic E-state index is 0.0755. The zero-order chi connectivity index (χ0) is 25.7. The lowest BCUT2D eigenvalue weighted by atomic mass is 10.0. The molecule has 1 aromatic rings. The van der Waals surface area contributed by atoms with Crippen molar-refractivity contribution in [1.82, 2.24) is 5.32 Å². The van der Waals surface area contributed by atoms with Crippen molar-refractivity contribution in [3.63, 3.8) is 0 Å². The maximum absolute atomic E-state index is 13.2. The Kier molecular flexibility index (Phi) is 9.61. The van der Waals surface area contributed by atoms with Gasteiger partial charge in [-0.15, -0.1) is 11.8 Å². The summed E-state index contributed by atoms with van der Waals surface area (Å²) in [6.45, 7) is 12.5. The zero-order valence-electron chi connectivity index (χ0n) is 21.4. The zero-order valence-corrected chi connectivity index (χ0v) is 23.2. The molecule has 0 saturated heterocycles. The summed E-state index contributed by atoms with van der Waals surface area (Å²) >= 11 is 1.35. The third kappa shape index (κ3) is 6.76. The van der Waals surface area contributed by atoms with Crippen LogP contribution in [0.15, 0.2) is 12.1 Å². The third-order valence-electron chi connectivity index (χ3n) is 6.35. The molecule has 1 aliphatic rings. The van der Waals surface area contributed by atoms with Crippen molar-refractivity contribution in [1.29, 1.82) is 0 Å². The van der Waals surface area contributed by atoms with E-state index in [0.717, 1.165) is 0 Å². The van der Waals surface area contributed by atoms with E-state index in [1.54, 1.807) is 7.11 Å². The summed E-state index contributed by atoms with van der Waals surface area (Å²) in [6, 6.07) is 2.79. The molecule has 1 unspecified atom stereocenters. The summed E-state index contributed by atoms with van der Waals surface area (Å²) in [5.74, 6) is -0.527. The molecule has 8 nitrogen and oxygen atoms in total. The van der Waals surface area contributed by atoms with Gasteiger partial charge in [-0.1, -0.05) is 26.8 Å². The van der Waals surface area contributed by atoms with Crippen LogP contribution in [-0.2, 0) is 23.5 Å². The van der Waals surface area contributed by atoms with Crippen LogP contribution in [0.2, 0.25) is 18.1 Å². The van der Waals surface area contributed by atoms with Gasteiger partial charge in [0, 0.05) is 23.3 Å². The van der Waals surface area contributed by atoms with Crippen LogP contribution in [0.1, 0.15) is 60.5 Å². The van der Waals surface area contributed by atoms with Gasteiger partial charge in [0.1, 0.15) is 17.2 Å². The first kappa shape index (κ1) is 28.2. The first-order valence-corrected chi connectivity index (χ1v) is 15.3. The van der Waals surface area contributed by atoms with E-state index in [9.17, 15) is 14.4 Å². The monoisotopic (exact) mass is 511 g/mol. The van der Waals surface area contributed by atoms with Crippen molar-refractivity contribution < 1.29 is 33.0 Å². The van der Waals surface area contributed by atoms with Crippen LogP contribution in [0, 0.1) is 6.92 Å². The average molecular weight is 512 g/mol. The number of amides is 1. The Hall–Kier alpha value is -2.04. The Bertz CT molecular complexity index is 913. The van der Waals surface area contributed by atoms with Crippen LogP contribution < -0.4 is 10.1 Å². The van der Waals surface area contributed by atoms with Crippen molar-refractivity contribution in [3.05, 3.63) is 28.8 Å².